The number of rotatable bonds is 5. The molecule has 1 atom stereocenters. The number of carbonyl (C=O) groups excluding carboxylic acids is 1. The molecule has 0 aliphatic rings. The van der Waals surface area contributed by atoms with E-state index >= 15 is 0 Å². The van der Waals surface area contributed by atoms with E-state index < -0.39 is 12.3 Å². The molecule has 0 aliphatic heterocycles. The Kier molecular flexibility index (Phi) is 5.07. The van der Waals surface area contributed by atoms with E-state index in [1.165, 1.54) is 6.08 Å². The van der Waals surface area contributed by atoms with Gasteiger partial charge in [-0.25, -0.2) is 4.79 Å². The molecule has 2 rings (SSSR count). The minimum atomic E-state index is -1.28. The molecule has 0 heterocycles. The van der Waals surface area contributed by atoms with Gasteiger partial charge in [-0.3, -0.25) is 0 Å². The van der Waals surface area contributed by atoms with Crippen molar-refractivity contribution < 1.29 is 14.6 Å². The highest BCUT2D eigenvalue weighted by atomic mass is 16.6. The minimum Gasteiger partial charge on any atom is -0.428 e. The fraction of sp³-hybridized carbons (Fsp3) is 0.0556. The van der Waals surface area contributed by atoms with Crippen molar-refractivity contribution in [3.05, 3.63) is 83.9 Å². The third kappa shape index (κ3) is 4.44. The Morgan fingerprint density at radius 1 is 1.05 bits per heavy atom. The van der Waals surface area contributed by atoms with Crippen LogP contribution < -0.4 is 0 Å². The molecular formula is C18H16O3. The van der Waals surface area contributed by atoms with Crippen LogP contribution in [0.2, 0.25) is 0 Å². The molecule has 1 N–H and O–H groups in total. The minimum absolute atomic E-state index is 0.516. The van der Waals surface area contributed by atoms with E-state index in [4.69, 9.17) is 4.74 Å². The molecule has 0 radical (unpaired) electrons. The van der Waals surface area contributed by atoms with E-state index in [1.807, 2.05) is 30.3 Å². The lowest BCUT2D eigenvalue weighted by Gasteiger charge is -2.11. The Balaban J connectivity index is 1.95. The van der Waals surface area contributed by atoms with Crippen molar-refractivity contribution in [3.8, 4) is 0 Å². The van der Waals surface area contributed by atoms with E-state index in [1.54, 1.807) is 36.4 Å². The average molecular weight is 280 g/mol. The zero-order valence-corrected chi connectivity index (χ0v) is 11.5. The Bertz CT molecular complexity index is 627. The normalized spacial score (nSPS) is 12.0. The summed E-state index contributed by atoms with van der Waals surface area (Å²) in [6.45, 7) is 3.65. The standard InChI is InChI=1S/C18H16O3/c1-2-14-8-11-16(12-9-14)18(20)21-17(19)13-10-15-6-4-3-5-7-15/h2-13,18,20H,1H2. The van der Waals surface area contributed by atoms with Gasteiger partial charge in [-0.1, -0.05) is 67.3 Å². The van der Waals surface area contributed by atoms with Crippen LogP contribution in [0, 0.1) is 0 Å². The van der Waals surface area contributed by atoms with Crippen LogP contribution in [-0.2, 0) is 9.53 Å². The molecule has 0 aliphatic carbocycles. The first-order chi connectivity index (χ1) is 10.2. The number of aliphatic hydroxyl groups excluding tert-OH is 1. The number of aliphatic hydroxyl groups is 1. The van der Waals surface area contributed by atoms with Gasteiger partial charge in [0, 0.05) is 11.6 Å². The van der Waals surface area contributed by atoms with E-state index in [-0.39, 0.29) is 0 Å². The first-order valence-corrected chi connectivity index (χ1v) is 6.53. The topological polar surface area (TPSA) is 46.5 Å². The van der Waals surface area contributed by atoms with Crippen LogP contribution in [0.1, 0.15) is 23.0 Å². The Morgan fingerprint density at radius 3 is 2.33 bits per heavy atom. The maximum atomic E-state index is 11.6. The van der Waals surface area contributed by atoms with Gasteiger partial charge in [-0.05, 0) is 17.2 Å². The van der Waals surface area contributed by atoms with Crippen LogP contribution in [0.3, 0.4) is 0 Å². The van der Waals surface area contributed by atoms with Gasteiger partial charge < -0.3 is 9.84 Å². The highest BCUT2D eigenvalue weighted by molar-refractivity contribution is 5.87. The number of hydrogen-bond acceptors (Lipinski definition) is 3. The maximum absolute atomic E-state index is 11.6. The van der Waals surface area contributed by atoms with Crippen LogP contribution in [0.5, 0.6) is 0 Å². The number of hydrogen-bond donors (Lipinski definition) is 1. The quantitative estimate of drug-likeness (QED) is 0.517. The highest BCUT2D eigenvalue weighted by Crippen LogP contribution is 2.16. The molecular weight excluding hydrogens is 264 g/mol. The van der Waals surface area contributed by atoms with E-state index in [9.17, 15) is 9.90 Å². The fourth-order valence-corrected chi connectivity index (χ4v) is 1.74. The summed E-state index contributed by atoms with van der Waals surface area (Å²) in [5.41, 5.74) is 2.34. The molecule has 3 nitrogen and oxygen atoms in total. The van der Waals surface area contributed by atoms with Crippen molar-refractivity contribution in [1.29, 1.82) is 0 Å². The highest BCUT2D eigenvalue weighted by Gasteiger charge is 2.11. The summed E-state index contributed by atoms with van der Waals surface area (Å²) in [7, 11) is 0. The molecule has 2 aromatic rings. The van der Waals surface area contributed by atoms with Crippen molar-refractivity contribution in [2.75, 3.05) is 0 Å². The van der Waals surface area contributed by atoms with Crippen LogP contribution >= 0.6 is 0 Å². The van der Waals surface area contributed by atoms with Crippen molar-refractivity contribution in [1.82, 2.24) is 0 Å². The smallest absolute Gasteiger partial charge is 0.333 e. The summed E-state index contributed by atoms with van der Waals surface area (Å²) in [6.07, 6.45) is 3.34. The van der Waals surface area contributed by atoms with Gasteiger partial charge >= 0.3 is 5.97 Å². The second kappa shape index (κ2) is 7.22. The predicted octanol–water partition coefficient (Wildman–Crippen LogP) is 3.58. The van der Waals surface area contributed by atoms with Crippen LogP contribution in [0.15, 0.2) is 67.3 Å². The molecule has 0 fully saturated rings. The van der Waals surface area contributed by atoms with Gasteiger partial charge in [0.2, 0.25) is 6.29 Å². The first kappa shape index (κ1) is 14.8. The summed E-state index contributed by atoms with van der Waals surface area (Å²) >= 11 is 0. The predicted molar refractivity (Wildman–Crippen MR) is 83.1 cm³/mol. The monoisotopic (exact) mass is 280 g/mol. The Hall–Kier alpha value is -2.65. The third-order valence-electron chi connectivity index (χ3n) is 2.90. The molecule has 0 amide bonds. The van der Waals surface area contributed by atoms with E-state index in [0.717, 1.165) is 11.1 Å². The van der Waals surface area contributed by atoms with Gasteiger partial charge in [0.05, 0.1) is 0 Å². The molecule has 0 bridgehead atoms. The SMILES string of the molecule is C=Cc1ccc(C(O)OC(=O)C=Cc2ccccc2)cc1. The largest absolute Gasteiger partial charge is 0.428 e. The van der Waals surface area contributed by atoms with Gasteiger partial charge in [0.15, 0.2) is 0 Å². The van der Waals surface area contributed by atoms with Crippen LogP contribution in [0.4, 0.5) is 0 Å². The third-order valence-corrected chi connectivity index (χ3v) is 2.90. The van der Waals surface area contributed by atoms with Crippen LogP contribution in [-0.4, -0.2) is 11.1 Å². The summed E-state index contributed by atoms with van der Waals surface area (Å²) < 4.78 is 4.94. The summed E-state index contributed by atoms with van der Waals surface area (Å²) in [5, 5.41) is 9.85. The summed E-state index contributed by atoms with van der Waals surface area (Å²) in [6, 6.07) is 16.3. The van der Waals surface area contributed by atoms with E-state index in [2.05, 4.69) is 6.58 Å². The number of carbonyl (C=O) groups is 1. The van der Waals surface area contributed by atoms with Gasteiger partial charge in [0.25, 0.3) is 0 Å². The van der Waals surface area contributed by atoms with Crippen molar-refractivity contribution in [3.63, 3.8) is 0 Å². The molecule has 21 heavy (non-hydrogen) atoms. The molecule has 0 spiro atoms. The number of esters is 1. The molecule has 0 saturated heterocycles. The molecule has 0 saturated carbocycles. The lowest BCUT2D eigenvalue weighted by molar-refractivity contribution is -0.162. The molecule has 3 heteroatoms. The zero-order chi connectivity index (χ0) is 15.1. The maximum Gasteiger partial charge on any atom is 0.333 e. The molecule has 106 valence electrons. The van der Waals surface area contributed by atoms with Gasteiger partial charge in [-0.15, -0.1) is 0 Å². The van der Waals surface area contributed by atoms with Gasteiger partial charge in [-0.2, -0.15) is 0 Å². The van der Waals surface area contributed by atoms with Crippen LogP contribution in [0.25, 0.3) is 12.2 Å². The average Bonchev–Trinajstić information content (AvgIpc) is 2.54. The second-order valence-electron chi connectivity index (χ2n) is 4.40. The van der Waals surface area contributed by atoms with Crippen molar-refractivity contribution >= 4 is 18.1 Å². The molecule has 1 unspecified atom stereocenters. The van der Waals surface area contributed by atoms with Crippen molar-refractivity contribution in [2.24, 2.45) is 0 Å². The lowest BCUT2D eigenvalue weighted by atomic mass is 10.1. The zero-order valence-electron chi connectivity index (χ0n) is 11.5. The molecule has 0 aromatic heterocycles. The number of benzene rings is 2. The first-order valence-electron chi connectivity index (χ1n) is 6.53. The van der Waals surface area contributed by atoms with E-state index in [0.29, 0.717) is 5.56 Å². The van der Waals surface area contributed by atoms with Gasteiger partial charge in [0.1, 0.15) is 0 Å². The summed E-state index contributed by atoms with van der Waals surface area (Å²) in [4.78, 5) is 11.6. The van der Waals surface area contributed by atoms with Crippen molar-refractivity contribution in [2.45, 2.75) is 6.29 Å². The Labute approximate surface area is 123 Å². The molecule has 2 aromatic carbocycles. The summed E-state index contributed by atoms with van der Waals surface area (Å²) in [5.74, 6) is -0.598. The fourth-order valence-electron chi connectivity index (χ4n) is 1.74. The second-order valence-corrected chi connectivity index (χ2v) is 4.40. The number of ether oxygens (including phenoxy) is 1. The Morgan fingerprint density at radius 2 is 1.71 bits per heavy atom. The lowest BCUT2D eigenvalue weighted by Crippen LogP contribution is -2.08.